The topological polar surface area (TPSA) is 43.8 Å². The van der Waals surface area contributed by atoms with Crippen molar-refractivity contribution < 1.29 is 0 Å². The van der Waals surface area contributed by atoms with Gasteiger partial charge in [0.15, 0.2) is 0 Å². The molecule has 1 aromatic heterocycles. The van der Waals surface area contributed by atoms with E-state index < -0.39 is 0 Å². The van der Waals surface area contributed by atoms with Gasteiger partial charge >= 0.3 is 0 Å². The first-order chi connectivity index (χ1) is 4.74. The maximum atomic E-state index is 5.38. The molecular weight excluding hydrogens is 206 g/mol. The average molecular weight is 220 g/mol. The van der Waals surface area contributed by atoms with Crippen LogP contribution in [-0.4, -0.2) is 16.3 Å². The third-order valence-corrected chi connectivity index (χ3v) is 1.44. The standard InChI is InChI=1S/C7H13N3.BrH/c1-6-5-7(2)10(9-6)4-3-8;/h5H,3-4,8H2,1-2H3;1H. The zero-order chi connectivity index (χ0) is 7.56. The summed E-state index contributed by atoms with van der Waals surface area (Å²) >= 11 is 0. The molecule has 4 heteroatoms. The molecule has 0 unspecified atom stereocenters. The van der Waals surface area contributed by atoms with Crippen LogP contribution in [0, 0.1) is 13.8 Å². The molecule has 2 N–H and O–H groups in total. The fraction of sp³-hybridized carbons (Fsp3) is 0.571. The second-order valence-electron chi connectivity index (χ2n) is 2.44. The van der Waals surface area contributed by atoms with E-state index in [4.69, 9.17) is 5.73 Å². The van der Waals surface area contributed by atoms with Crippen LogP contribution >= 0.6 is 17.0 Å². The monoisotopic (exact) mass is 219 g/mol. The van der Waals surface area contributed by atoms with Gasteiger partial charge in [-0.1, -0.05) is 0 Å². The molecule has 1 aromatic rings. The smallest absolute Gasteiger partial charge is 0.0596 e. The molecular formula is C7H14BrN3. The molecule has 1 heterocycles. The molecule has 0 saturated carbocycles. The maximum Gasteiger partial charge on any atom is 0.0596 e. The van der Waals surface area contributed by atoms with Crippen molar-refractivity contribution in [1.29, 1.82) is 0 Å². The summed E-state index contributed by atoms with van der Waals surface area (Å²) in [6.07, 6.45) is 0. The van der Waals surface area contributed by atoms with Gasteiger partial charge in [-0.05, 0) is 19.9 Å². The highest BCUT2D eigenvalue weighted by Crippen LogP contribution is 1.99. The number of halogens is 1. The Kier molecular flexibility index (Phi) is 4.37. The summed E-state index contributed by atoms with van der Waals surface area (Å²) in [6.45, 7) is 5.50. The van der Waals surface area contributed by atoms with Crippen molar-refractivity contribution >= 4 is 17.0 Å². The summed E-state index contributed by atoms with van der Waals surface area (Å²) in [7, 11) is 0. The van der Waals surface area contributed by atoms with E-state index in [0.29, 0.717) is 6.54 Å². The lowest BCUT2D eigenvalue weighted by atomic mass is 10.4. The molecule has 0 aliphatic heterocycles. The van der Waals surface area contributed by atoms with Crippen LogP contribution in [0.5, 0.6) is 0 Å². The molecule has 1 rings (SSSR count). The lowest BCUT2D eigenvalue weighted by Crippen LogP contribution is -2.12. The number of aromatic nitrogens is 2. The molecule has 0 amide bonds. The van der Waals surface area contributed by atoms with Gasteiger partial charge in [0, 0.05) is 12.2 Å². The molecule has 0 saturated heterocycles. The summed E-state index contributed by atoms with van der Waals surface area (Å²) < 4.78 is 1.93. The summed E-state index contributed by atoms with van der Waals surface area (Å²) in [5.41, 5.74) is 7.62. The molecule has 0 fully saturated rings. The Hall–Kier alpha value is -0.350. The number of hydrogen-bond acceptors (Lipinski definition) is 2. The van der Waals surface area contributed by atoms with Crippen LogP contribution in [0.3, 0.4) is 0 Å². The predicted octanol–water partition coefficient (Wildman–Crippen LogP) is 1.04. The Balaban J connectivity index is 0.000001000. The molecule has 0 spiro atoms. The second kappa shape index (κ2) is 4.51. The van der Waals surface area contributed by atoms with E-state index >= 15 is 0 Å². The first-order valence-corrected chi connectivity index (χ1v) is 3.45. The lowest BCUT2D eigenvalue weighted by molar-refractivity contribution is 0.604. The van der Waals surface area contributed by atoms with E-state index in [9.17, 15) is 0 Å². The molecule has 0 radical (unpaired) electrons. The number of nitrogens with zero attached hydrogens (tertiary/aromatic N) is 2. The van der Waals surface area contributed by atoms with E-state index in [1.165, 1.54) is 5.69 Å². The van der Waals surface area contributed by atoms with Gasteiger partial charge in [0.2, 0.25) is 0 Å². The number of aryl methyl sites for hydroxylation is 2. The van der Waals surface area contributed by atoms with Crippen LogP contribution in [0.4, 0.5) is 0 Å². The van der Waals surface area contributed by atoms with Crippen molar-refractivity contribution in [2.45, 2.75) is 20.4 Å². The van der Waals surface area contributed by atoms with Crippen LogP contribution in [-0.2, 0) is 6.54 Å². The fourth-order valence-corrected chi connectivity index (χ4v) is 1.02. The molecule has 64 valence electrons. The molecule has 11 heavy (non-hydrogen) atoms. The third kappa shape index (κ3) is 2.63. The van der Waals surface area contributed by atoms with Gasteiger partial charge in [-0.25, -0.2) is 0 Å². The van der Waals surface area contributed by atoms with E-state index in [1.807, 2.05) is 18.5 Å². The van der Waals surface area contributed by atoms with E-state index in [1.54, 1.807) is 0 Å². The Morgan fingerprint density at radius 3 is 2.55 bits per heavy atom. The van der Waals surface area contributed by atoms with E-state index in [2.05, 4.69) is 11.2 Å². The normalized spacial score (nSPS) is 9.36. The summed E-state index contributed by atoms with van der Waals surface area (Å²) in [6, 6.07) is 2.05. The fourth-order valence-electron chi connectivity index (χ4n) is 1.02. The summed E-state index contributed by atoms with van der Waals surface area (Å²) in [4.78, 5) is 0. The Morgan fingerprint density at radius 2 is 2.18 bits per heavy atom. The van der Waals surface area contributed by atoms with Crippen molar-refractivity contribution in [2.24, 2.45) is 5.73 Å². The van der Waals surface area contributed by atoms with E-state index in [0.717, 1.165) is 12.2 Å². The van der Waals surface area contributed by atoms with Crippen LogP contribution in [0.25, 0.3) is 0 Å². The van der Waals surface area contributed by atoms with E-state index in [-0.39, 0.29) is 17.0 Å². The number of hydrogen-bond donors (Lipinski definition) is 1. The Morgan fingerprint density at radius 1 is 1.55 bits per heavy atom. The molecule has 3 nitrogen and oxygen atoms in total. The predicted molar refractivity (Wildman–Crippen MR) is 51.1 cm³/mol. The average Bonchev–Trinajstić information content (AvgIpc) is 2.13. The molecule has 0 aliphatic rings. The van der Waals surface area contributed by atoms with Gasteiger partial charge in [0.1, 0.15) is 0 Å². The zero-order valence-electron chi connectivity index (χ0n) is 6.87. The van der Waals surface area contributed by atoms with Crippen LogP contribution in [0.1, 0.15) is 11.4 Å². The van der Waals surface area contributed by atoms with Gasteiger partial charge < -0.3 is 5.73 Å². The van der Waals surface area contributed by atoms with Crippen LogP contribution < -0.4 is 5.73 Å². The van der Waals surface area contributed by atoms with Gasteiger partial charge in [-0.3, -0.25) is 4.68 Å². The van der Waals surface area contributed by atoms with Crippen molar-refractivity contribution in [3.63, 3.8) is 0 Å². The summed E-state index contributed by atoms with van der Waals surface area (Å²) in [5.74, 6) is 0. The van der Waals surface area contributed by atoms with Crippen LogP contribution in [0.15, 0.2) is 6.07 Å². The SMILES string of the molecule is Br.Cc1cc(C)n(CCN)n1. The minimum atomic E-state index is 0. The lowest BCUT2D eigenvalue weighted by Gasteiger charge is -1.98. The van der Waals surface area contributed by atoms with Gasteiger partial charge in [0.25, 0.3) is 0 Å². The first kappa shape index (κ1) is 10.7. The minimum absolute atomic E-state index is 0. The van der Waals surface area contributed by atoms with Crippen molar-refractivity contribution in [3.8, 4) is 0 Å². The van der Waals surface area contributed by atoms with Gasteiger partial charge in [-0.2, -0.15) is 5.10 Å². The second-order valence-corrected chi connectivity index (χ2v) is 2.44. The highest BCUT2D eigenvalue weighted by atomic mass is 79.9. The van der Waals surface area contributed by atoms with Crippen molar-refractivity contribution in [1.82, 2.24) is 9.78 Å². The third-order valence-electron chi connectivity index (χ3n) is 1.44. The highest BCUT2D eigenvalue weighted by molar-refractivity contribution is 8.93. The van der Waals surface area contributed by atoms with Gasteiger partial charge in [-0.15, -0.1) is 17.0 Å². The Bertz CT molecular complexity index is 219. The molecule has 0 aliphatic carbocycles. The number of rotatable bonds is 2. The molecule has 0 bridgehead atoms. The first-order valence-electron chi connectivity index (χ1n) is 3.45. The molecule has 0 aromatic carbocycles. The minimum Gasteiger partial charge on any atom is -0.329 e. The largest absolute Gasteiger partial charge is 0.329 e. The van der Waals surface area contributed by atoms with Gasteiger partial charge in [0.05, 0.1) is 12.2 Å². The van der Waals surface area contributed by atoms with Crippen molar-refractivity contribution in [2.75, 3.05) is 6.54 Å². The highest BCUT2D eigenvalue weighted by Gasteiger charge is 1.97. The van der Waals surface area contributed by atoms with Crippen molar-refractivity contribution in [3.05, 3.63) is 17.5 Å². The Labute approximate surface area is 77.4 Å². The molecule has 0 atom stereocenters. The summed E-state index contributed by atoms with van der Waals surface area (Å²) in [5, 5.41) is 4.24. The quantitative estimate of drug-likeness (QED) is 0.809. The number of nitrogens with two attached hydrogens (primary N) is 1. The maximum absolute atomic E-state index is 5.38. The zero-order valence-corrected chi connectivity index (χ0v) is 8.58. The van der Waals surface area contributed by atoms with Crippen LogP contribution in [0.2, 0.25) is 0 Å².